The van der Waals surface area contributed by atoms with Crippen LogP contribution in [0.3, 0.4) is 0 Å². The summed E-state index contributed by atoms with van der Waals surface area (Å²) in [6, 6.07) is 8.49. The van der Waals surface area contributed by atoms with Crippen molar-refractivity contribution in [2.24, 2.45) is 5.92 Å². The lowest BCUT2D eigenvalue weighted by Gasteiger charge is -2.08. The highest BCUT2D eigenvalue weighted by molar-refractivity contribution is 14.1. The standard InChI is InChI=1S/C11H16IN/c1-9(2)7-13-8-10-5-3-4-6-11(10)12/h3-6,9,13H,7-8H2,1-2H3. The molecule has 13 heavy (non-hydrogen) atoms. The third kappa shape index (κ3) is 4.09. The van der Waals surface area contributed by atoms with E-state index in [1.807, 2.05) is 0 Å². The molecule has 0 saturated heterocycles. The molecule has 2 heteroatoms. The van der Waals surface area contributed by atoms with Crippen molar-refractivity contribution in [1.82, 2.24) is 5.32 Å². The molecule has 0 aromatic heterocycles. The van der Waals surface area contributed by atoms with E-state index in [2.05, 4.69) is 66.0 Å². The average molecular weight is 289 g/mol. The predicted octanol–water partition coefficient (Wildman–Crippen LogP) is 3.04. The van der Waals surface area contributed by atoms with E-state index in [0.29, 0.717) is 0 Å². The zero-order valence-corrected chi connectivity index (χ0v) is 10.3. The van der Waals surface area contributed by atoms with Gasteiger partial charge in [-0.15, -0.1) is 0 Å². The highest BCUT2D eigenvalue weighted by Gasteiger charge is 1.97. The van der Waals surface area contributed by atoms with Crippen LogP contribution in [0.15, 0.2) is 24.3 Å². The molecule has 1 aromatic rings. The molecule has 0 aliphatic carbocycles. The summed E-state index contributed by atoms with van der Waals surface area (Å²) in [6.07, 6.45) is 0. The second-order valence-corrected chi connectivity index (χ2v) is 4.78. The fourth-order valence-electron chi connectivity index (χ4n) is 1.14. The fraction of sp³-hybridized carbons (Fsp3) is 0.455. The van der Waals surface area contributed by atoms with Crippen LogP contribution in [0.2, 0.25) is 0 Å². The third-order valence-corrected chi connectivity index (χ3v) is 2.88. The summed E-state index contributed by atoms with van der Waals surface area (Å²) >= 11 is 2.38. The van der Waals surface area contributed by atoms with Gasteiger partial charge in [-0.2, -0.15) is 0 Å². The van der Waals surface area contributed by atoms with Crippen molar-refractivity contribution in [1.29, 1.82) is 0 Å². The van der Waals surface area contributed by atoms with Crippen LogP contribution in [0.5, 0.6) is 0 Å². The maximum Gasteiger partial charge on any atom is 0.0216 e. The quantitative estimate of drug-likeness (QED) is 0.840. The van der Waals surface area contributed by atoms with Gasteiger partial charge >= 0.3 is 0 Å². The molecule has 0 unspecified atom stereocenters. The smallest absolute Gasteiger partial charge is 0.0216 e. The van der Waals surface area contributed by atoms with Crippen LogP contribution in [-0.2, 0) is 6.54 Å². The Morgan fingerprint density at radius 3 is 2.62 bits per heavy atom. The molecular weight excluding hydrogens is 273 g/mol. The van der Waals surface area contributed by atoms with Gasteiger partial charge in [0.2, 0.25) is 0 Å². The zero-order valence-electron chi connectivity index (χ0n) is 8.18. The van der Waals surface area contributed by atoms with E-state index in [1.54, 1.807) is 0 Å². The van der Waals surface area contributed by atoms with Gasteiger partial charge in [-0.25, -0.2) is 0 Å². The van der Waals surface area contributed by atoms with Crippen molar-refractivity contribution in [3.05, 3.63) is 33.4 Å². The lowest BCUT2D eigenvalue weighted by atomic mass is 10.2. The minimum Gasteiger partial charge on any atom is -0.312 e. The van der Waals surface area contributed by atoms with Crippen LogP contribution in [0.25, 0.3) is 0 Å². The first kappa shape index (κ1) is 11.0. The summed E-state index contributed by atoms with van der Waals surface area (Å²) in [5, 5.41) is 3.44. The van der Waals surface area contributed by atoms with Crippen LogP contribution in [-0.4, -0.2) is 6.54 Å². The molecule has 1 N–H and O–H groups in total. The molecule has 0 aliphatic rings. The second kappa shape index (κ2) is 5.60. The Morgan fingerprint density at radius 2 is 2.00 bits per heavy atom. The number of halogens is 1. The predicted molar refractivity (Wildman–Crippen MR) is 65.7 cm³/mol. The Labute approximate surface area is 94.1 Å². The van der Waals surface area contributed by atoms with Crippen LogP contribution < -0.4 is 5.32 Å². The molecule has 1 aromatic carbocycles. The summed E-state index contributed by atoms with van der Waals surface area (Å²) in [7, 11) is 0. The van der Waals surface area contributed by atoms with Crippen molar-refractivity contribution in [3.8, 4) is 0 Å². The normalized spacial score (nSPS) is 10.8. The van der Waals surface area contributed by atoms with Crippen molar-refractivity contribution in [2.45, 2.75) is 20.4 Å². The van der Waals surface area contributed by atoms with E-state index in [4.69, 9.17) is 0 Å². The maximum atomic E-state index is 3.44. The molecule has 0 heterocycles. The molecule has 0 atom stereocenters. The van der Waals surface area contributed by atoms with Gasteiger partial charge in [-0.1, -0.05) is 32.0 Å². The number of rotatable bonds is 4. The molecule has 1 nitrogen and oxygen atoms in total. The third-order valence-electron chi connectivity index (χ3n) is 1.83. The van der Waals surface area contributed by atoms with Gasteiger partial charge in [0.05, 0.1) is 0 Å². The van der Waals surface area contributed by atoms with Gasteiger partial charge in [0, 0.05) is 10.1 Å². The molecule has 0 amide bonds. The summed E-state index contributed by atoms with van der Waals surface area (Å²) < 4.78 is 1.34. The molecule has 0 aliphatic heterocycles. The number of nitrogens with one attached hydrogen (secondary N) is 1. The highest BCUT2D eigenvalue weighted by atomic mass is 127. The lowest BCUT2D eigenvalue weighted by molar-refractivity contribution is 0.552. The van der Waals surface area contributed by atoms with Gasteiger partial charge < -0.3 is 5.32 Å². The van der Waals surface area contributed by atoms with Crippen LogP contribution in [0.1, 0.15) is 19.4 Å². The molecule has 0 spiro atoms. The minimum atomic E-state index is 0.723. The van der Waals surface area contributed by atoms with E-state index in [1.165, 1.54) is 9.13 Å². The summed E-state index contributed by atoms with van der Waals surface area (Å²) in [6.45, 7) is 6.52. The van der Waals surface area contributed by atoms with Crippen LogP contribution >= 0.6 is 22.6 Å². The van der Waals surface area contributed by atoms with E-state index in [0.717, 1.165) is 19.0 Å². The van der Waals surface area contributed by atoms with Crippen molar-refractivity contribution < 1.29 is 0 Å². The van der Waals surface area contributed by atoms with Crippen LogP contribution in [0.4, 0.5) is 0 Å². The van der Waals surface area contributed by atoms with E-state index in [9.17, 15) is 0 Å². The van der Waals surface area contributed by atoms with E-state index >= 15 is 0 Å². The summed E-state index contributed by atoms with van der Waals surface area (Å²) in [5.41, 5.74) is 1.39. The molecular formula is C11H16IN. The summed E-state index contributed by atoms with van der Waals surface area (Å²) in [4.78, 5) is 0. The number of hydrogen-bond acceptors (Lipinski definition) is 1. The average Bonchev–Trinajstić information content (AvgIpc) is 2.08. The van der Waals surface area contributed by atoms with Gasteiger partial charge in [0.25, 0.3) is 0 Å². The van der Waals surface area contributed by atoms with Crippen molar-refractivity contribution >= 4 is 22.6 Å². The van der Waals surface area contributed by atoms with Gasteiger partial charge in [0.1, 0.15) is 0 Å². The molecule has 0 fully saturated rings. The van der Waals surface area contributed by atoms with Crippen molar-refractivity contribution in [3.63, 3.8) is 0 Å². The van der Waals surface area contributed by atoms with E-state index < -0.39 is 0 Å². The molecule has 0 radical (unpaired) electrons. The zero-order chi connectivity index (χ0) is 9.68. The highest BCUT2D eigenvalue weighted by Crippen LogP contribution is 2.10. The SMILES string of the molecule is CC(C)CNCc1ccccc1I. The maximum absolute atomic E-state index is 3.44. The monoisotopic (exact) mass is 289 g/mol. The van der Waals surface area contributed by atoms with Gasteiger partial charge in [-0.05, 0) is 46.7 Å². The van der Waals surface area contributed by atoms with E-state index in [-0.39, 0.29) is 0 Å². The van der Waals surface area contributed by atoms with Gasteiger partial charge in [0.15, 0.2) is 0 Å². The topological polar surface area (TPSA) is 12.0 Å². The first-order valence-corrected chi connectivity index (χ1v) is 5.72. The Kier molecular flexibility index (Phi) is 4.73. The largest absolute Gasteiger partial charge is 0.312 e. The lowest BCUT2D eigenvalue weighted by Crippen LogP contribution is -2.19. The van der Waals surface area contributed by atoms with Crippen molar-refractivity contribution in [2.75, 3.05) is 6.54 Å². The molecule has 0 bridgehead atoms. The second-order valence-electron chi connectivity index (χ2n) is 3.62. The molecule has 72 valence electrons. The number of hydrogen-bond donors (Lipinski definition) is 1. The Bertz CT molecular complexity index is 258. The fourth-order valence-corrected chi connectivity index (χ4v) is 1.72. The summed E-state index contributed by atoms with van der Waals surface area (Å²) in [5.74, 6) is 0.723. The Balaban J connectivity index is 2.41. The van der Waals surface area contributed by atoms with Crippen LogP contribution in [0, 0.1) is 9.49 Å². The number of benzene rings is 1. The molecule has 1 rings (SSSR count). The molecule has 0 saturated carbocycles. The minimum absolute atomic E-state index is 0.723. The Hall–Kier alpha value is -0.0900. The first-order valence-electron chi connectivity index (χ1n) is 4.64. The first-order chi connectivity index (χ1) is 6.20. The Morgan fingerprint density at radius 1 is 1.31 bits per heavy atom. The van der Waals surface area contributed by atoms with Gasteiger partial charge in [-0.3, -0.25) is 0 Å².